The van der Waals surface area contributed by atoms with Gasteiger partial charge in [0.15, 0.2) is 0 Å². The van der Waals surface area contributed by atoms with Gasteiger partial charge in [0.05, 0.1) is 6.54 Å². The Morgan fingerprint density at radius 2 is 2.22 bits per heavy atom. The van der Waals surface area contributed by atoms with Gasteiger partial charge in [-0.05, 0) is 20.8 Å². The van der Waals surface area contributed by atoms with Crippen LogP contribution in [0.3, 0.4) is 0 Å². The van der Waals surface area contributed by atoms with Gasteiger partial charge in [-0.1, -0.05) is 0 Å². The number of nitrogens with two attached hydrogens (primary N) is 1. The van der Waals surface area contributed by atoms with Gasteiger partial charge in [0.25, 0.3) is 0 Å². The number of hydrazine groups is 1. The Morgan fingerprint density at radius 3 is 2.78 bits per heavy atom. The monoisotopic (exact) mass is 252 g/mol. The van der Waals surface area contributed by atoms with Crippen molar-refractivity contribution >= 4 is 17.5 Å². The number of likely N-dealkylation sites (N-methyl/N-ethyl adjacent to an activating group) is 1. The molecule has 1 aromatic rings. The number of carbonyl (C=O) groups is 1. The number of nitrogens with one attached hydrogen (secondary N) is 2. The second-order valence-corrected chi connectivity index (χ2v) is 4.14. The van der Waals surface area contributed by atoms with Crippen LogP contribution in [-0.2, 0) is 4.79 Å². The zero-order chi connectivity index (χ0) is 13.5. The van der Waals surface area contributed by atoms with E-state index in [9.17, 15) is 4.79 Å². The van der Waals surface area contributed by atoms with Crippen LogP contribution >= 0.6 is 0 Å². The van der Waals surface area contributed by atoms with Crippen LogP contribution in [0.4, 0.5) is 11.6 Å². The molecule has 4 N–H and O–H groups in total. The summed E-state index contributed by atoms with van der Waals surface area (Å²) in [6, 6.07) is 1.83. The van der Waals surface area contributed by atoms with Crippen LogP contribution in [0.15, 0.2) is 12.4 Å². The van der Waals surface area contributed by atoms with Crippen LogP contribution in [0.5, 0.6) is 0 Å². The van der Waals surface area contributed by atoms with Gasteiger partial charge in [0, 0.05) is 18.7 Å². The van der Waals surface area contributed by atoms with E-state index in [1.165, 1.54) is 6.33 Å². The molecular formula is C11H20N6O. The zero-order valence-electron chi connectivity index (χ0n) is 11.0. The first-order valence-corrected chi connectivity index (χ1v) is 5.89. The maximum Gasteiger partial charge on any atom is 0.239 e. The van der Waals surface area contributed by atoms with Crippen molar-refractivity contribution in [2.45, 2.75) is 26.8 Å². The van der Waals surface area contributed by atoms with Crippen LogP contribution in [0.1, 0.15) is 20.8 Å². The van der Waals surface area contributed by atoms with Gasteiger partial charge < -0.3 is 15.6 Å². The van der Waals surface area contributed by atoms with E-state index >= 15 is 0 Å². The van der Waals surface area contributed by atoms with E-state index in [0.29, 0.717) is 18.2 Å². The lowest BCUT2D eigenvalue weighted by Crippen LogP contribution is -2.40. The molecule has 1 amide bonds. The van der Waals surface area contributed by atoms with Crippen molar-refractivity contribution in [2.75, 3.05) is 23.4 Å². The number of nitrogen functional groups attached to an aromatic ring is 1. The zero-order valence-corrected chi connectivity index (χ0v) is 11.0. The Bertz CT molecular complexity index is 395. The van der Waals surface area contributed by atoms with Crippen LogP contribution in [0.25, 0.3) is 0 Å². The minimum Gasteiger partial charge on any atom is -0.352 e. The standard InChI is InChI=1S/C11H20N6O/c1-4-17(6-11(18)15-8(2)3)10-5-9(16-12)13-7-14-10/h5,7-8H,4,6,12H2,1-3H3,(H,15,18)(H,13,14,16). The van der Waals surface area contributed by atoms with Gasteiger partial charge in [0.1, 0.15) is 18.0 Å². The summed E-state index contributed by atoms with van der Waals surface area (Å²) in [6.07, 6.45) is 1.41. The summed E-state index contributed by atoms with van der Waals surface area (Å²) in [5.74, 6) is 6.44. The molecule has 0 fully saturated rings. The first kappa shape index (κ1) is 14.2. The number of aromatic nitrogens is 2. The Hall–Kier alpha value is -1.89. The third-order valence-electron chi connectivity index (χ3n) is 2.29. The SMILES string of the molecule is CCN(CC(=O)NC(C)C)c1cc(NN)ncn1. The van der Waals surface area contributed by atoms with E-state index in [-0.39, 0.29) is 18.5 Å². The highest BCUT2D eigenvalue weighted by Crippen LogP contribution is 2.12. The Balaban J connectivity index is 2.73. The minimum atomic E-state index is -0.0345. The van der Waals surface area contributed by atoms with Gasteiger partial charge in [-0.3, -0.25) is 4.79 Å². The maximum atomic E-state index is 11.7. The Labute approximate surface area is 107 Å². The van der Waals surface area contributed by atoms with Crippen molar-refractivity contribution in [3.8, 4) is 0 Å². The van der Waals surface area contributed by atoms with Crippen LogP contribution < -0.4 is 21.5 Å². The molecule has 0 saturated heterocycles. The molecule has 0 aliphatic heterocycles. The van der Waals surface area contributed by atoms with Crippen molar-refractivity contribution in [1.29, 1.82) is 0 Å². The summed E-state index contributed by atoms with van der Waals surface area (Å²) in [5.41, 5.74) is 2.45. The summed E-state index contributed by atoms with van der Waals surface area (Å²) in [6.45, 7) is 6.74. The molecule has 0 unspecified atom stereocenters. The fourth-order valence-electron chi connectivity index (χ4n) is 1.49. The fourth-order valence-corrected chi connectivity index (χ4v) is 1.49. The molecule has 7 heteroatoms. The number of carbonyl (C=O) groups excluding carboxylic acids is 1. The molecule has 0 aliphatic rings. The largest absolute Gasteiger partial charge is 0.352 e. The topological polar surface area (TPSA) is 96.2 Å². The van der Waals surface area contributed by atoms with E-state index in [4.69, 9.17) is 5.84 Å². The van der Waals surface area contributed by atoms with Crippen molar-refractivity contribution in [1.82, 2.24) is 15.3 Å². The maximum absolute atomic E-state index is 11.7. The molecule has 0 bridgehead atoms. The first-order valence-electron chi connectivity index (χ1n) is 5.89. The number of amides is 1. The third kappa shape index (κ3) is 4.17. The lowest BCUT2D eigenvalue weighted by molar-refractivity contribution is -0.120. The van der Waals surface area contributed by atoms with E-state index in [0.717, 1.165) is 0 Å². The van der Waals surface area contributed by atoms with E-state index in [1.54, 1.807) is 6.07 Å². The van der Waals surface area contributed by atoms with Gasteiger partial charge in [0.2, 0.25) is 5.91 Å². The molecule has 0 spiro atoms. The van der Waals surface area contributed by atoms with E-state index in [1.807, 2.05) is 25.7 Å². The fraction of sp³-hybridized carbons (Fsp3) is 0.545. The molecule has 0 atom stereocenters. The lowest BCUT2D eigenvalue weighted by Gasteiger charge is -2.22. The molecule has 0 aliphatic carbocycles. The molecular weight excluding hydrogens is 232 g/mol. The highest BCUT2D eigenvalue weighted by atomic mass is 16.2. The predicted molar refractivity (Wildman–Crippen MR) is 71.0 cm³/mol. The molecule has 1 rings (SSSR count). The van der Waals surface area contributed by atoms with Crippen LogP contribution in [-0.4, -0.2) is 35.0 Å². The highest BCUT2D eigenvalue weighted by Gasteiger charge is 2.12. The molecule has 1 heterocycles. The van der Waals surface area contributed by atoms with E-state index in [2.05, 4.69) is 20.7 Å². The average Bonchev–Trinajstić information content (AvgIpc) is 2.35. The number of anilines is 2. The summed E-state index contributed by atoms with van der Waals surface area (Å²) in [4.78, 5) is 21.6. The van der Waals surface area contributed by atoms with Gasteiger partial charge in [-0.15, -0.1) is 0 Å². The Kier molecular flexibility index (Phi) is 5.31. The van der Waals surface area contributed by atoms with Gasteiger partial charge >= 0.3 is 0 Å². The van der Waals surface area contributed by atoms with Gasteiger partial charge in [-0.2, -0.15) is 0 Å². The number of hydrogen-bond donors (Lipinski definition) is 3. The normalized spacial score (nSPS) is 10.3. The smallest absolute Gasteiger partial charge is 0.239 e. The Morgan fingerprint density at radius 1 is 1.50 bits per heavy atom. The number of rotatable bonds is 6. The van der Waals surface area contributed by atoms with Crippen molar-refractivity contribution in [3.05, 3.63) is 12.4 Å². The first-order chi connectivity index (χ1) is 8.56. The lowest BCUT2D eigenvalue weighted by atomic mass is 10.3. The van der Waals surface area contributed by atoms with Crippen molar-refractivity contribution < 1.29 is 4.79 Å². The molecule has 0 radical (unpaired) electrons. The van der Waals surface area contributed by atoms with Gasteiger partial charge in [-0.25, -0.2) is 15.8 Å². The average molecular weight is 252 g/mol. The summed E-state index contributed by atoms with van der Waals surface area (Å²) < 4.78 is 0. The van der Waals surface area contributed by atoms with Crippen LogP contribution in [0, 0.1) is 0 Å². The van der Waals surface area contributed by atoms with E-state index < -0.39 is 0 Å². The molecule has 100 valence electrons. The summed E-state index contributed by atoms with van der Waals surface area (Å²) >= 11 is 0. The molecule has 0 aromatic carbocycles. The quantitative estimate of drug-likeness (QED) is 0.491. The predicted octanol–water partition coefficient (Wildman–Crippen LogP) is 0.113. The molecule has 7 nitrogen and oxygen atoms in total. The molecule has 1 aromatic heterocycles. The summed E-state index contributed by atoms with van der Waals surface area (Å²) in [7, 11) is 0. The van der Waals surface area contributed by atoms with Crippen molar-refractivity contribution in [3.63, 3.8) is 0 Å². The number of nitrogens with zero attached hydrogens (tertiary/aromatic N) is 3. The minimum absolute atomic E-state index is 0.0345. The second kappa shape index (κ2) is 6.75. The van der Waals surface area contributed by atoms with Crippen molar-refractivity contribution in [2.24, 2.45) is 5.84 Å². The summed E-state index contributed by atoms with van der Waals surface area (Å²) in [5, 5.41) is 2.84. The highest BCUT2D eigenvalue weighted by molar-refractivity contribution is 5.81. The molecule has 0 saturated carbocycles. The number of hydrogen-bond acceptors (Lipinski definition) is 6. The molecule has 18 heavy (non-hydrogen) atoms. The third-order valence-corrected chi connectivity index (χ3v) is 2.29. The second-order valence-electron chi connectivity index (χ2n) is 4.14. The van der Waals surface area contributed by atoms with Crippen LogP contribution in [0.2, 0.25) is 0 Å².